The molecule has 0 aromatic rings. The fourth-order valence-electron chi connectivity index (χ4n) is 2.64. The maximum absolute atomic E-state index is 12.7. The number of hydrogen-bond acceptors (Lipinski definition) is 1. The standard InChI is InChI=1S/C13H21ClF3NO/c1-2-18(8-4-7-14)12(19)10-5-3-6-11(9-10)13(15,16)17/h10-11H,2-9H2,1H3. The van der Waals surface area contributed by atoms with E-state index in [1.807, 2.05) is 6.92 Å². The predicted octanol–water partition coefficient (Wildman–Crippen LogP) is 3.83. The van der Waals surface area contributed by atoms with Crippen LogP contribution < -0.4 is 0 Å². The van der Waals surface area contributed by atoms with Gasteiger partial charge in [-0.15, -0.1) is 11.6 Å². The summed E-state index contributed by atoms with van der Waals surface area (Å²) in [6.07, 6.45) is -2.35. The van der Waals surface area contributed by atoms with Crippen LogP contribution in [0.4, 0.5) is 13.2 Å². The highest BCUT2D eigenvalue weighted by atomic mass is 35.5. The second-order valence-corrected chi connectivity index (χ2v) is 5.44. The average Bonchev–Trinajstić information content (AvgIpc) is 2.38. The molecule has 2 nitrogen and oxygen atoms in total. The molecule has 1 rings (SSSR count). The van der Waals surface area contributed by atoms with Gasteiger partial charge >= 0.3 is 6.18 Å². The molecule has 112 valence electrons. The van der Waals surface area contributed by atoms with Crippen molar-refractivity contribution in [1.29, 1.82) is 0 Å². The number of carbonyl (C=O) groups is 1. The minimum atomic E-state index is -4.17. The van der Waals surface area contributed by atoms with Crippen molar-refractivity contribution < 1.29 is 18.0 Å². The van der Waals surface area contributed by atoms with Gasteiger partial charge < -0.3 is 4.90 Å². The molecular weight excluding hydrogens is 279 g/mol. The summed E-state index contributed by atoms with van der Waals surface area (Å²) >= 11 is 5.59. The van der Waals surface area contributed by atoms with E-state index in [0.717, 1.165) is 0 Å². The zero-order valence-electron chi connectivity index (χ0n) is 11.2. The van der Waals surface area contributed by atoms with Crippen molar-refractivity contribution in [3.05, 3.63) is 0 Å². The minimum Gasteiger partial charge on any atom is -0.343 e. The molecule has 0 saturated heterocycles. The second kappa shape index (κ2) is 7.36. The van der Waals surface area contributed by atoms with Gasteiger partial charge in [-0.05, 0) is 32.6 Å². The van der Waals surface area contributed by atoms with E-state index in [0.29, 0.717) is 38.2 Å². The molecule has 1 saturated carbocycles. The van der Waals surface area contributed by atoms with Gasteiger partial charge in [0.2, 0.25) is 5.91 Å². The quantitative estimate of drug-likeness (QED) is 0.707. The normalized spacial score (nSPS) is 24.3. The Morgan fingerprint density at radius 2 is 2.05 bits per heavy atom. The largest absolute Gasteiger partial charge is 0.391 e. The summed E-state index contributed by atoms with van der Waals surface area (Å²) in [7, 11) is 0. The van der Waals surface area contributed by atoms with Gasteiger partial charge in [-0.1, -0.05) is 6.42 Å². The molecule has 2 atom stereocenters. The number of hydrogen-bond donors (Lipinski definition) is 0. The van der Waals surface area contributed by atoms with Gasteiger partial charge in [0.05, 0.1) is 5.92 Å². The Morgan fingerprint density at radius 1 is 1.37 bits per heavy atom. The van der Waals surface area contributed by atoms with Crippen molar-refractivity contribution in [3.8, 4) is 0 Å². The highest BCUT2D eigenvalue weighted by molar-refractivity contribution is 6.17. The number of halogens is 4. The molecule has 1 aliphatic rings. The fraction of sp³-hybridized carbons (Fsp3) is 0.923. The lowest BCUT2D eigenvalue weighted by atomic mass is 9.80. The lowest BCUT2D eigenvalue weighted by molar-refractivity contribution is -0.187. The van der Waals surface area contributed by atoms with E-state index in [2.05, 4.69) is 0 Å². The monoisotopic (exact) mass is 299 g/mol. The molecule has 0 radical (unpaired) electrons. The van der Waals surface area contributed by atoms with Gasteiger partial charge in [-0.2, -0.15) is 13.2 Å². The molecule has 0 N–H and O–H groups in total. The van der Waals surface area contributed by atoms with Crippen molar-refractivity contribution >= 4 is 17.5 Å². The molecule has 1 aliphatic carbocycles. The molecule has 0 heterocycles. The van der Waals surface area contributed by atoms with E-state index in [1.54, 1.807) is 4.90 Å². The third kappa shape index (κ3) is 4.86. The summed E-state index contributed by atoms with van der Waals surface area (Å²) in [5.41, 5.74) is 0. The van der Waals surface area contributed by atoms with E-state index >= 15 is 0 Å². The van der Waals surface area contributed by atoms with Crippen LogP contribution in [0.5, 0.6) is 0 Å². The number of alkyl halides is 4. The van der Waals surface area contributed by atoms with Crippen LogP contribution in [-0.2, 0) is 4.79 Å². The van der Waals surface area contributed by atoms with E-state index in [9.17, 15) is 18.0 Å². The van der Waals surface area contributed by atoms with Crippen LogP contribution in [0.15, 0.2) is 0 Å². The van der Waals surface area contributed by atoms with Crippen LogP contribution in [0.2, 0.25) is 0 Å². The smallest absolute Gasteiger partial charge is 0.343 e. The number of amides is 1. The molecule has 0 bridgehead atoms. The van der Waals surface area contributed by atoms with Crippen molar-refractivity contribution in [2.75, 3.05) is 19.0 Å². The van der Waals surface area contributed by atoms with Gasteiger partial charge in [-0.3, -0.25) is 4.79 Å². The van der Waals surface area contributed by atoms with Crippen molar-refractivity contribution in [1.82, 2.24) is 4.90 Å². The van der Waals surface area contributed by atoms with Crippen LogP contribution in [0.25, 0.3) is 0 Å². The van der Waals surface area contributed by atoms with Gasteiger partial charge in [0.25, 0.3) is 0 Å². The summed E-state index contributed by atoms with van der Waals surface area (Å²) in [6.45, 7) is 2.91. The first-order chi connectivity index (χ1) is 8.90. The van der Waals surface area contributed by atoms with E-state index < -0.39 is 18.0 Å². The van der Waals surface area contributed by atoms with Crippen LogP contribution in [0.1, 0.15) is 39.0 Å². The lowest BCUT2D eigenvalue weighted by Crippen LogP contribution is -2.40. The minimum absolute atomic E-state index is 0.0558. The summed E-state index contributed by atoms with van der Waals surface area (Å²) < 4.78 is 38.2. The number of nitrogens with zero attached hydrogens (tertiary/aromatic N) is 1. The van der Waals surface area contributed by atoms with Crippen molar-refractivity contribution in [3.63, 3.8) is 0 Å². The SMILES string of the molecule is CCN(CCCCl)C(=O)C1CCCC(C(F)(F)F)C1. The average molecular weight is 300 g/mol. The number of carbonyl (C=O) groups excluding carboxylic acids is 1. The molecule has 1 amide bonds. The van der Waals surface area contributed by atoms with Crippen molar-refractivity contribution in [2.45, 2.75) is 45.2 Å². The Hall–Kier alpha value is -0.450. The van der Waals surface area contributed by atoms with Gasteiger partial charge in [0.1, 0.15) is 0 Å². The van der Waals surface area contributed by atoms with E-state index in [-0.39, 0.29) is 18.7 Å². The molecule has 0 spiro atoms. The van der Waals surface area contributed by atoms with Crippen LogP contribution in [-0.4, -0.2) is 36.0 Å². The number of rotatable bonds is 5. The molecular formula is C13H21ClF3NO. The van der Waals surface area contributed by atoms with Crippen LogP contribution in [0, 0.1) is 11.8 Å². The maximum atomic E-state index is 12.7. The Morgan fingerprint density at radius 3 is 2.58 bits per heavy atom. The van der Waals surface area contributed by atoms with E-state index in [1.165, 1.54) is 0 Å². The Balaban J connectivity index is 2.60. The molecule has 1 fully saturated rings. The zero-order chi connectivity index (χ0) is 14.5. The van der Waals surface area contributed by atoms with E-state index in [4.69, 9.17) is 11.6 Å². The second-order valence-electron chi connectivity index (χ2n) is 5.06. The van der Waals surface area contributed by atoms with Crippen LogP contribution >= 0.6 is 11.6 Å². The Bertz CT molecular complexity index is 296. The molecule has 0 aromatic heterocycles. The molecule has 0 aliphatic heterocycles. The summed E-state index contributed by atoms with van der Waals surface area (Å²) in [4.78, 5) is 13.9. The topological polar surface area (TPSA) is 20.3 Å². The molecule has 2 unspecified atom stereocenters. The first kappa shape index (κ1) is 16.6. The van der Waals surface area contributed by atoms with Crippen molar-refractivity contribution in [2.24, 2.45) is 11.8 Å². The third-order valence-corrected chi connectivity index (χ3v) is 4.01. The van der Waals surface area contributed by atoms with Crippen LogP contribution in [0.3, 0.4) is 0 Å². The summed E-state index contributed by atoms with van der Waals surface area (Å²) in [5.74, 6) is -1.47. The van der Waals surface area contributed by atoms with Gasteiger partial charge in [0.15, 0.2) is 0 Å². The summed E-state index contributed by atoms with van der Waals surface area (Å²) in [5, 5.41) is 0. The Labute approximate surface area is 117 Å². The molecule has 19 heavy (non-hydrogen) atoms. The third-order valence-electron chi connectivity index (χ3n) is 3.74. The molecule has 0 aromatic carbocycles. The first-order valence-electron chi connectivity index (χ1n) is 6.81. The zero-order valence-corrected chi connectivity index (χ0v) is 11.9. The summed E-state index contributed by atoms with van der Waals surface area (Å²) in [6, 6.07) is 0. The lowest BCUT2D eigenvalue weighted by Gasteiger charge is -2.33. The highest BCUT2D eigenvalue weighted by Crippen LogP contribution is 2.40. The predicted molar refractivity (Wildman–Crippen MR) is 69.1 cm³/mol. The first-order valence-corrected chi connectivity index (χ1v) is 7.35. The highest BCUT2D eigenvalue weighted by Gasteiger charge is 2.44. The van der Waals surface area contributed by atoms with Gasteiger partial charge in [0, 0.05) is 24.9 Å². The maximum Gasteiger partial charge on any atom is 0.391 e. The molecule has 6 heteroatoms. The Kier molecular flexibility index (Phi) is 6.43. The fourth-order valence-corrected chi connectivity index (χ4v) is 2.76. The van der Waals surface area contributed by atoms with Gasteiger partial charge in [-0.25, -0.2) is 0 Å².